The molecule has 0 aliphatic carbocycles. The molecule has 0 atom stereocenters. The molecule has 3 aromatic heterocycles. The number of amides is 1. The van der Waals surface area contributed by atoms with Crippen LogP contribution in [0.15, 0.2) is 42.9 Å². The molecule has 2 aliphatic rings. The molecule has 0 bridgehead atoms. The van der Waals surface area contributed by atoms with E-state index in [0.29, 0.717) is 31.2 Å². The maximum atomic E-state index is 12.8. The second-order valence-electron chi connectivity index (χ2n) is 7.37. The lowest BCUT2D eigenvalue weighted by molar-refractivity contribution is -0.0926. The van der Waals surface area contributed by atoms with Crippen LogP contribution in [0.3, 0.4) is 0 Å². The first-order valence-electron chi connectivity index (χ1n) is 9.70. The highest BCUT2D eigenvalue weighted by Crippen LogP contribution is 2.46. The van der Waals surface area contributed by atoms with E-state index in [-0.39, 0.29) is 11.5 Å². The number of ether oxygens (including phenoxy) is 1. The molecule has 7 nitrogen and oxygen atoms in total. The summed E-state index contributed by atoms with van der Waals surface area (Å²) in [6.07, 6.45) is 7.65. The van der Waals surface area contributed by atoms with Gasteiger partial charge in [-0.3, -0.25) is 14.8 Å². The van der Waals surface area contributed by atoms with Crippen molar-refractivity contribution in [3.8, 4) is 10.6 Å². The minimum atomic E-state index is -0.329. The molecule has 0 unspecified atom stereocenters. The number of carbonyl (C=O) groups is 1. The summed E-state index contributed by atoms with van der Waals surface area (Å²) < 4.78 is 6.33. The summed E-state index contributed by atoms with van der Waals surface area (Å²) in [5.74, 6) is 0.285. The number of nitrogen functional groups attached to an aromatic ring is 1. The molecule has 2 aliphatic heterocycles. The fraction of sp³-hybridized carbons (Fsp3) is 0.333. The van der Waals surface area contributed by atoms with Crippen molar-refractivity contribution in [3.05, 3.63) is 59.0 Å². The molecule has 0 radical (unpaired) electrons. The zero-order chi connectivity index (χ0) is 19.8. The number of anilines is 1. The summed E-state index contributed by atoms with van der Waals surface area (Å²) in [6.45, 7) is 1.97. The number of piperidine rings is 1. The molecule has 0 saturated carbocycles. The van der Waals surface area contributed by atoms with E-state index in [2.05, 4.69) is 21.0 Å². The first-order chi connectivity index (χ1) is 14.1. The fourth-order valence-corrected chi connectivity index (χ4v) is 5.38. The van der Waals surface area contributed by atoms with Crippen molar-refractivity contribution in [3.63, 3.8) is 0 Å². The third-order valence-electron chi connectivity index (χ3n) is 5.67. The molecule has 3 aromatic rings. The van der Waals surface area contributed by atoms with Crippen LogP contribution in [0.25, 0.3) is 10.6 Å². The Balaban J connectivity index is 1.38. The largest absolute Gasteiger partial charge is 0.384 e. The van der Waals surface area contributed by atoms with Gasteiger partial charge in [-0.1, -0.05) is 6.07 Å². The van der Waals surface area contributed by atoms with Crippen molar-refractivity contribution in [1.82, 2.24) is 19.9 Å². The van der Waals surface area contributed by atoms with Crippen LogP contribution in [0, 0.1) is 0 Å². The summed E-state index contributed by atoms with van der Waals surface area (Å²) in [5.41, 5.74) is 7.94. The van der Waals surface area contributed by atoms with Crippen LogP contribution in [0.1, 0.15) is 33.8 Å². The number of aromatic nitrogens is 3. The average molecular weight is 407 g/mol. The quantitative estimate of drug-likeness (QED) is 0.702. The van der Waals surface area contributed by atoms with Gasteiger partial charge in [0.05, 0.1) is 29.0 Å². The number of thiophene rings is 1. The second kappa shape index (κ2) is 7.20. The molecular formula is C21H21N5O2S. The number of rotatable bonds is 2. The van der Waals surface area contributed by atoms with Gasteiger partial charge in [-0.25, -0.2) is 4.98 Å². The zero-order valence-electron chi connectivity index (χ0n) is 15.9. The monoisotopic (exact) mass is 407 g/mol. The molecule has 0 aromatic carbocycles. The van der Waals surface area contributed by atoms with Gasteiger partial charge >= 0.3 is 0 Å². The van der Waals surface area contributed by atoms with Gasteiger partial charge in [0.25, 0.3) is 5.91 Å². The van der Waals surface area contributed by atoms with E-state index < -0.39 is 0 Å². The van der Waals surface area contributed by atoms with Crippen LogP contribution in [0.4, 0.5) is 5.82 Å². The predicted octanol–water partition coefficient (Wildman–Crippen LogP) is 2.89. The lowest BCUT2D eigenvalue weighted by atomic mass is 9.82. The van der Waals surface area contributed by atoms with Crippen molar-refractivity contribution < 1.29 is 9.53 Å². The van der Waals surface area contributed by atoms with Gasteiger partial charge in [-0.05, 0) is 36.6 Å². The van der Waals surface area contributed by atoms with Crippen LogP contribution in [0.2, 0.25) is 0 Å². The van der Waals surface area contributed by atoms with Gasteiger partial charge in [-0.15, -0.1) is 11.3 Å². The number of likely N-dealkylation sites (tertiary alicyclic amines) is 1. The Bertz CT molecular complexity index is 1040. The number of nitrogens with zero attached hydrogens (tertiary/aromatic N) is 4. The Labute approximate surface area is 172 Å². The summed E-state index contributed by atoms with van der Waals surface area (Å²) in [4.78, 5) is 29.9. The molecule has 1 saturated heterocycles. The summed E-state index contributed by atoms with van der Waals surface area (Å²) in [5, 5.41) is 0. The Kier molecular flexibility index (Phi) is 4.52. The summed E-state index contributed by atoms with van der Waals surface area (Å²) in [7, 11) is 0. The Hall–Kier alpha value is -2.84. The van der Waals surface area contributed by atoms with E-state index in [0.717, 1.165) is 29.8 Å². The highest BCUT2D eigenvalue weighted by molar-refractivity contribution is 7.15. The summed E-state index contributed by atoms with van der Waals surface area (Å²) >= 11 is 1.77. The highest BCUT2D eigenvalue weighted by atomic mass is 32.1. The number of pyridine rings is 1. The maximum absolute atomic E-state index is 12.8. The number of hydrogen-bond acceptors (Lipinski definition) is 7. The lowest BCUT2D eigenvalue weighted by Gasteiger charge is -2.44. The van der Waals surface area contributed by atoms with Crippen LogP contribution >= 0.6 is 11.3 Å². The molecule has 5 heterocycles. The van der Waals surface area contributed by atoms with Gasteiger partial charge in [0.15, 0.2) is 0 Å². The standard InChI is InChI=1S/C21H21N5O2S/c22-19-3-1-2-15(25-19)20(27)26-9-5-21(6-10-26)14-12-18(16-13-23-7-8-24-16)29-17(14)4-11-28-21/h1-3,7-8,12-13H,4-6,9-11H2,(H2,22,25). The van der Waals surface area contributed by atoms with E-state index in [1.54, 1.807) is 48.1 Å². The Morgan fingerprint density at radius 2 is 2.10 bits per heavy atom. The number of carbonyl (C=O) groups excluding carboxylic acids is 1. The van der Waals surface area contributed by atoms with Crippen molar-refractivity contribution in [2.75, 3.05) is 25.4 Å². The van der Waals surface area contributed by atoms with Crippen molar-refractivity contribution in [1.29, 1.82) is 0 Å². The minimum absolute atomic E-state index is 0.0752. The molecule has 1 fully saturated rings. The SMILES string of the molecule is Nc1cccc(C(=O)N2CCC3(CC2)OCCc2sc(-c4cnccn4)cc23)n1. The van der Waals surface area contributed by atoms with Crippen LogP contribution in [0.5, 0.6) is 0 Å². The second-order valence-corrected chi connectivity index (χ2v) is 8.51. The molecule has 8 heteroatoms. The van der Waals surface area contributed by atoms with Crippen LogP contribution < -0.4 is 5.73 Å². The summed E-state index contributed by atoms with van der Waals surface area (Å²) in [6, 6.07) is 7.37. The van der Waals surface area contributed by atoms with Crippen LogP contribution in [-0.2, 0) is 16.8 Å². The van der Waals surface area contributed by atoms with E-state index in [4.69, 9.17) is 10.5 Å². The molecule has 1 spiro atoms. The smallest absolute Gasteiger partial charge is 0.272 e. The maximum Gasteiger partial charge on any atom is 0.272 e. The van der Waals surface area contributed by atoms with Gasteiger partial charge < -0.3 is 15.4 Å². The third-order valence-corrected chi connectivity index (χ3v) is 6.89. The highest BCUT2D eigenvalue weighted by Gasteiger charge is 2.43. The molecule has 29 heavy (non-hydrogen) atoms. The average Bonchev–Trinajstić information content (AvgIpc) is 3.21. The van der Waals surface area contributed by atoms with E-state index >= 15 is 0 Å². The Morgan fingerprint density at radius 1 is 1.24 bits per heavy atom. The van der Waals surface area contributed by atoms with Crippen molar-refractivity contribution >= 4 is 23.1 Å². The normalized spacial score (nSPS) is 17.9. The molecular weight excluding hydrogens is 386 g/mol. The number of fused-ring (bicyclic) bond motifs is 2. The molecule has 5 rings (SSSR count). The van der Waals surface area contributed by atoms with E-state index in [1.165, 1.54) is 10.4 Å². The molecule has 2 N–H and O–H groups in total. The Morgan fingerprint density at radius 3 is 2.86 bits per heavy atom. The first-order valence-corrected chi connectivity index (χ1v) is 10.5. The lowest BCUT2D eigenvalue weighted by Crippen LogP contribution is -2.48. The van der Waals surface area contributed by atoms with Crippen LogP contribution in [-0.4, -0.2) is 45.5 Å². The predicted molar refractivity (Wildman–Crippen MR) is 110 cm³/mol. The van der Waals surface area contributed by atoms with E-state index in [1.807, 2.05) is 4.90 Å². The first kappa shape index (κ1) is 18.2. The topological polar surface area (TPSA) is 94.2 Å². The van der Waals surface area contributed by atoms with Gasteiger partial charge in [-0.2, -0.15) is 0 Å². The van der Waals surface area contributed by atoms with Crippen molar-refractivity contribution in [2.45, 2.75) is 24.9 Å². The van der Waals surface area contributed by atoms with E-state index in [9.17, 15) is 4.79 Å². The zero-order valence-corrected chi connectivity index (χ0v) is 16.7. The van der Waals surface area contributed by atoms with Gasteiger partial charge in [0.2, 0.25) is 0 Å². The number of hydrogen-bond donors (Lipinski definition) is 1. The van der Waals surface area contributed by atoms with Crippen molar-refractivity contribution in [2.24, 2.45) is 0 Å². The minimum Gasteiger partial charge on any atom is -0.384 e. The number of nitrogens with two attached hydrogens (primary N) is 1. The van der Waals surface area contributed by atoms with Gasteiger partial charge in [0, 0.05) is 36.8 Å². The molecule has 148 valence electrons. The van der Waals surface area contributed by atoms with Gasteiger partial charge in [0.1, 0.15) is 11.5 Å². The fourth-order valence-electron chi connectivity index (χ4n) is 4.19. The molecule has 1 amide bonds. The third kappa shape index (κ3) is 3.28.